The van der Waals surface area contributed by atoms with Crippen LogP contribution in [0.2, 0.25) is 0 Å². The minimum Gasteiger partial charge on any atom is -0.378 e. The van der Waals surface area contributed by atoms with E-state index in [1.807, 2.05) is 12.3 Å². The van der Waals surface area contributed by atoms with Gasteiger partial charge in [0.25, 0.3) is 0 Å². The van der Waals surface area contributed by atoms with Gasteiger partial charge in [0.05, 0.1) is 24.6 Å². The monoisotopic (exact) mass is 354 g/mol. The van der Waals surface area contributed by atoms with Crippen LogP contribution in [0.25, 0.3) is 0 Å². The number of ether oxygens (including phenoxy) is 1. The van der Waals surface area contributed by atoms with Crippen molar-refractivity contribution < 1.29 is 4.74 Å². The summed E-state index contributed by atoms with van der Waals surface area (Å²) in [7, 11) is 2.15. The maximum absolute atomic E-state index is 5.48. The summed E-state index contributed by atoms with van der Waals surface area (Å²) in [6.07, 6.45) is 1.83. The number of morpholine rings is 1. The fourth-order valence-electron chi connectivity index (χ4n) is 3.37. The Bertz CT molecular complexity index is 725. The molecule has 0 aliphatic carbocycles. The molecule has 7 heteroatoms. The highest BCUT2D eigenvalue weighted by molar-refractivity contribution is 5.74. The molecule has 7 nitrogen and oxygen atoms in total. The summed E-state index contributed by atoms with van der Waals surface area (Å²) >= 11 is 0. The van der Waals surface area contributed by atoms with Crippen LogP contribution < -0.4 is 15.1 Å². The summed E-state index contributed by atoms with van der Waals surface area (Å²) in [5, 5.41) is 3.49. The maximum atomic E-state index is 5.48. The van der Waals surface area contributed by atoms with Crippen LogP contribution in [0.5, 0.6) is 0 Å². The Balaban J connectivity index is 1.52. The van der Waals surface area contributed by atoms with Crippen molar-refractivity contribution in [3.05, 3.63) is 36.5 Å². The third kappa shape index (κ3) is 3.89. The van der Waals surface area contributed by atoms with Crippen molar-refractivity contribution in [1.29, 1.82) is 0 Å². The molecule has 0 unspecified atom stereocenters. The Labute approximate surface area is 154 Å². The first-order chi connectivity index (χ1) is 12.8. The van der Waals surface area contributed by atoms with Crippen LogP contribution in [0.3, 0.4) is 0 Å². The average Bonchev–Trinajstić information content (AvgIpc) is 2.70. The molecule has 0 atom stereocenters. The van der Waals surface area contributed by atoms with Gasteiger partial charge in [-0.1, -0.05) is 12.1 Å². The van der Waals surface area contributed by atoms with Crippen molar-refractivity contribution in [3.8, 4) is 0 Å². The van der Waals surface area contributed by atoms with Crippen LogP contribution in [0.1, 0.15) is 0 Å². The van der Waals surface area contributed by atoms with Gasteiger partial charge in [0, 0.05) is 45.5 Å². The lowest BCUT2D eigenvalue weighted by Gasteiger charge is -2.32. The zero-order valence-electron chi connectivity index (χ0n) is 15.3. The van der Waals surface area contributed by atoms with Crippen molar-refractivity contribution in [3.63, 3.8) is 0 Å². The van der Waals surface area contributed by atoms with E-state index >= 15 is 0 Å². The lowest BCUT2D eigenvalue weighted by Crippen LogP contribution is -2.45. The predicted molar refractivity (Wildman–Crippen MR) is 104 cm³/mol. The molecule has 2 aromatic rings. The fourth-order valence-corrected chi connectivity index (χ4v) is 3.37. The summed E-state index contributed by atoms with van der Waals surface area (Å²) in [4.78, 5) is 16.2. The predicted octanol–water partition coefficient (Wildman–Crippen LogP) is 1.81. The number of hydrogen-bond acceptors (Lipinski definition) is 7. The molecule has 0 bridgehead atoms. The van der Waals surface area contributed by atoms with Gasteiger partial charge < -0.3 is 24.8 Å². The number of benzene rings is 1. The van der Waals surface area contributed by atoms with E-state index in [0.29, 0.717) is 0 Å². The molecule has 2 saturated heterocycles. The summed E-state index contributed by atoms with van der Waals surface area (Å²) in [5.41, 5.74) is 2.26. The number of piperazine rings is 1. The first-order valence-electron chi connectivity index (χ1n) is 9.25. The van der Waals surface area contributed by atoms with E-state index in [9.17, 15) is 0 Å². The maximum Gasteiger partial charge on any atom is 0.227 e. The second-order valence-corrected chi connectivity index (χ2v) is 6.77. The van der Waals surface area contributed by atoms with Crippen LogP contribution in [-0.2, 0) is 4.74 Å². The third-order valence-corrected chi connectivity index (χ3v) is 4.95. The Hall–Kier alpha value is -2.38. The molecule has 1 aromatic carbocycles. The normalized spacial score (nSPS) is 18.8. The topological polar surface area (TPSA) is 56.8 Å². The molecule has 1 N–H and O–H groups in total. The second-order valence-electron chi connectivity index (χ2n) is 6.77. The minimum absolute atomic E-state index is 0.773. The number of nitrogens with zero attached hydrogens (tertiary/aromatic N) is 5. The van der Waals surface area contributed by atoms with Gasteiger partial charge in [0.15, 0.2) is 0 Å². The molecule has 0 spiro atoms. The molecule has 2 fully saturated rings. The van der Waals surface area contributed by atoms with Crippen molar-refractivity contribution in [2.24, 2.45) is 0 Å². The van der Waals surface area contributed by atoms with E-state index in [1.165, 1.54) is 5.69 Å². The van der Waals surface area contributed by atoms with E-state index in [2.05, 4.69) is 56.3 Å². The highest BCUT2D eigenvalue weighted by Crippen LogP contribution is 2.29. The van der Waals surface area contributed by atoms with E-state index in [4.69, 9.17) is 9.72 Å². The number of hydrogen-bond donors (Lipinski definition) is 1. The number of likely N-dealkylation sites (N-methyl/N-ethyl adjacent to an activating group) is 1. The van der Waals surface area contributed by atoms with Crippen LogP contribution in [0, 0.1) is 0 Å². The van der Waals surface area contributed by atoms with Crippen molar-refractivity contribution in [2.75, 3.05) is 74.6 Å². The molecule has 26 heavy (non-hydrogen) atoms. The summed E-state index contributed by atoms with van der Waals surface area (Å²) in [6, 6.07) is 10.3. The molecule has 0 amide bonds. The average molecular weight is 354 g/mol. The van der Waals surface area contributed by atoms with Gasteiger partial charge in [-0.05, 0) is 25.2 Å². The Kier molecular flexibility index (Phi) is 5.17. The Morgan fingerprint density at radius 2 is 1.69 bits per heavy atom. The minimum atomic E-state index is 0.773. The lowest BCUT2D eigenvalue weighted by molar-refractivity contribution is 0.123. The molecule has 3 heterocycles. The van der Waals surface area contributed by atoms with Gasteiger partial charge in [0.2, 0.25) is 5.95 Å². The van der Waals surface area contributed by atoms with Crippen LogP contribution in [-0.4, -0.2) is 74.4 Å². The van der Waals surface area contributed by atoms with Gasteiger partial charge >= 0.3 is 0 Å². The Morgan fingerprint density at radius 3 is 2.50 bits per heavy atom. The number of nitrogens with one attached hydrogen (secondary N) is 1. The quantitative estimate of drug-likeness (QED) is 0.898. The van der Waals surface area contributed by atoms with E-state index in [0.717, 1.165) is 69.9 Å². The number of anilines is 4. The number of aromatic nitrogens is 2. The smallest absolute Gasteiger partial charge is 0.227 e. The van der Waals surface area contributed by atoms with Gasteiger partial charge in [-0.3, -0.25) is 0 Å². The third-order valence-electron chi connectivity index (χ3n) is 4.95. The van der Waals surface area contributed by atoms with Crippen molar-refractivity contribution in [1.82, 2.24) is 14.9 Å². The molecule has 2 aliphatic rings. The van der Waals surface area contributed by atoms with E-state index in [-0.39, 0.29) is 0 Å². The van der Waals surface area contributed by atoms with Crippen LogP contribution in [0.15, 0.2) is 36.5 Å². The van der Waals surface area contributed by atoms with Gasteiger partial charge in [-0.15, -0.1) is 0 Å². The fraction of sp³-hybridized carbons (Fsp3) is 0.474. The van der Waals surface area contributed by atoms with Crippen LogP contribution >= 0.6 is 0 Å². The van der Waals surface area contributed by atoms with E-state index < -0.39 is 0 Å². The molecule has 4 rings (SSSR count). The molecule has 138 valence electrons. The van der Waals surface area contributed by atoms with Crippen molar-refractivity contribution in [2.45, 2.75) is 0 Å². The molecule has 0 radical (unpaired) electrons. The molecular weight excluding hydrogens is 328 g/mol. The SMILES string of the molecule is CN1CCN(c2nccc(Nc3ccccc3N3CCOCC3)n2)CC1. The first-order valence-corrected chi connectivity index (χ1v) is 9.25. The second kappa shape index (κ2) is 7.88. The Morgan fingerprint density at radius 1 is 0.923 bits per heavy atom. The largest absolute Gasteiger partial charge is 0.378 e. The molecule has 2 aliphatic heterocycles. The van der Waals surface area contributed by atoms with Gasteiger partial charge in [-0.25, -0.2) is 4.98 Å². The highest BCUT2D eigenvalue weighted by atomic mass is 16.5. The van der Waals surface area contributed by atoms with Crippen LogP contribution in [0.4, 0.5) is 23.1 Å². The first kappa shape index (κ1) is 17.1. The highest BCUT2D eigenvalue weighted by Gasteiger charge is 2.18. The zero-order chi connectivity index (χ0) is 17.8. The molecule has 1 aromatic heterocycles. The van der Waals surface area contributed by atoms with E-state index in [1.54, 1.807) is 0 Å². The van der Waals surface area contributed by atoms with Crippen molar-refractivity contribution >= 4 is 23.1 Å². The van der Waals surface area contributed by atoms with Gasteiger partial charge in [0.1, 0.15) is 5.82 Å². The van der Waals surface area contributed by atoms with Gasteiger partial charge in [-0.2, -0.15) is 4.98 Å². The molecular formula is C19H26N6O. The summed E-state index contributed by atoms with van der Waals surface area (Å²) in [6.45, 7) is 7.38. The number of rotatable bonds is 4. The molecule has 0 saturated carbocycles. The summed E-state index contributed by atoms with van der Waals surface area (Å²) < 4.78 is 5.48. The standard InChI is InChI=1S/C19H26N6O/c1-23-8-10-25(11-9-23)19-20-7-6-18(22-19)21-16-4-2-3-5-17(16)24-12-14-26-15-13-24/h2-7H,8-15H2,1H3,(H,20,21,22). The summed E-state index contributed by atoms with van der Waals surface area (Å²) in [5.74, 6) is 1.63. The number of para-hydroxylation sites is 2. The lowest BCUT2D eigenvalue weighted by atomic mass is 10.2. The zero-order valence-corrected chi connectivity index (χ0v) is 15.3.